The van der Waals surface area contributed by atoms with E-state index in [0.29, 0.717) is 35.2 Å². The summed E-state index contributed by atoms with van der Waals surface area (Å²) in [5.74, 6) is 1.73. The smallest absolute Gasteiger partial charge is 0.261 e. The Morgan fingerprint density at radius 1 is 1.15 bits per heavy atom. The van der Waals surface area contributed by atoms with Crippen molar-refractivity contribution in [3.8, 4) is 22.9 Å². The molecule has 0 aliphatic rings. The van der Waals surface area contributed by atoms with E-state index in [1.807, 2.05) is 6.92 Å². The minimum atomic E-state index is -3.82. The molecule has 9 heteroatoms. The average Bonchev–Trinajstić information content (AvgIpc) is 3.09. The zero-order chi connectivity index (χ0) is 19.4. The second-order valence-corrected chi connectivity index (χ2v) is 7.24. The van der Waals surface area contributed by atoms with Crippen LogP contribution in [0.5, 0.6) is 11.5 Å². The highest BCUT2D eigenvalue weighted by Gasteiger charge is 2.20. The second-order valence-electron chi connectivity index (χ2n) is 5.56. The maximum absolute atomic E-state index is 12.8. The molecule has 27 heavy (non-hydrogen) atoms. The van der Waals surface area contributed by atoms with Gasteiger partial charge >= 0.3 is 0 Å². The zero-order valence-corrected chi connectivity index (χ0v) is 15.9. The lowest BCUT2D eigenvalue weighted by atomic mass is 10.2. The van der Waals surface area contributed by atoms with Crippen molar-refractivity contribution in [1.29, 1.82) is 0 Å². The topological polar surface area (TPSA) is 104 Å². The number of hydrogen-bond donors (Lipinski definition) is 1. The summed E-state index contributed by atoms with van der Waals surface area (Å²) in [6.07, 6.45) is 0. The van der Waals surface area contributed by atoms with Crippen LogP contribution in [0.15, 0.2) is 51.9 Å². The molecule has 3 aromatic rings. The fourth-order valence-electron chi connectivity index (χ4n) is 2.44. The molecule has 1 N–H and O–H groups in total. The summed E-state index contributed by atoms with van der Waals surface area (Å²) in [7, 11) is -2.34. The molecule has 0 aliphatic carbocycles. The second kappa shape index (κ2) is 7.67. The summed E-state index contributed by atoms with van der Waals surface area (Å²) < 4.78 is 43.7. The van der Waals surface area contributed by atoms with Gasteiger partial charge in [0.05, 0.1) is 24.2 Å². The maximum Gasteiger partial charge on any atom is 0.261 e. The number of aryl methyl sites for hydroxylation is 1. The summed E-state index contributed by atoms with van der Waals surface area (Å²) in [5.41, 5.74) is 0.843. The van der Waals surface area contributed by atoms with Crippen LogP contribution in [0.25, 0.3) is 11.4 Å². The molecule has 142 valence electrons. The Bertz CT molecular complexity index is 1030. The van der Waals surface area contributed by atoms with E-state index in [4.69, 9.17) is 14.0 Å². The number of ether oxygens (including phenoxy) is 2. The van der Waals surface area contributed by atoms with Crippen molar-refractivity contribution >= 4 is 15.7 Å². The number of nitrogens with zero attached hydrogens (tertiary/aromatic N) is 2. The third-order valence-corrected chi connectivity index (χ3v) is 5.05. The Labute approximate surface area is 157 Å². The molecule has 1 heterocycles. The quantitative estimate of drug-likeness (QED) is 0.661. The van der Waals surface area contributed by atoms with Crippen molar-refractivity contribution < 1.29 is 22.4 Å². The van der Waals surface area contributed by atoms with E-state index in [9.17, 15) is 8.42 Å². The molecule has 0 atom stereocenters. The molecule has 1 aromatic heterocycles. The van der Waals surface area contributed by atoms with E-state index < -0.39 is 10.0 Å². The van der Waals surface area contributed by atoms with Crippen LogP contribution in [0.3, 0.4) is 0 Å². The van der Waals surface area contributed by atoms with Gasteiger partial charge in [0.15, 0.2) is 0 Å². The van der Waals surface area contributed by atoms with Crippen LogP contribution in [-0.2, 0) is 10.0 Å². The van der Waals surface area contributed by atoms with E-state index in [1.165, 1.54) is 19.2 Å². The molecule has 0 saturated carbocycles. The van der Waals surface area contributed by atoms with Crippen molar-refractivity contribution in [2.75, 3.05) is 18.4 Å². The Morgan fingerprint density at radius 3 is 2.48 bits per heavy atom. The zero-order valence-electron chi connectivity index (χ0n) is 15.1. The molecule has 2 aromatic carbocycles. The molecule has 0 aliphatic heterocycles. The fourth-order valence-corrected chi connectivity index (χ4v) is 3.52. The van der Waals surface area contributed by atoms with Gasteiger partial charge in [-0.1, -0.05) is 5.16 Å². The number of anilines is 1. The van der Waals surface area contributed by atoms with E-state index in [-0.39, 0.29) is 10.7 Å². The van der Waals surface area contributed by atoms with Crippen molar-refractivity contribution in [1.82, 2.24) is 10.1 Å². The van der Waals surface area contributed by atoms with Gasteiger partial charge in [0, 0.05) is 12.6 Å². The Balaban J connectivity index is 1.92. The first-order chi connectivity index (χ1) is 12.9. The van der Waals surface area contributed by atoms with Crippen molar-refractivity contribution in [2.24, 2.45) is 0 Å². The highest BCUT2D eigenvalue weighted by atomic mass is 32.2. The number of rotatable bonds is 7. The predicted molar refractivity (Wildman–Crippen MR) is 99.4 cm³/mol. The third kappa shape index (κ3) is 4.20. The minimum Gasteiger partial charge on any atom is -0.496 e. The normalized spacial score (nSPS) is 11.2. The lowest BCUT2D eigenvalue weighted by Crippen LogP contribution is -2.13. The molecule has 0 saturated heterocycles. The van der Waals surface area contributed by atoms with Crippen LogP contribution in [0.2, 0.25) is 0 Å². The van der Waals surface area contributed by atoms with Gasteiger partial charge in [-0.05, 0) is 49.4 Å². The molecule has 0 spiro atoms. The predicted octanol–water partition coefficient (Wildman–Crippen LogP) is 3.25. The van der Waals surface area contributed by atoms with Crippen molar-refractivity contribution in [2.45, 2.75) is 18.7 Å². The monoisotopic (exact) mass is 389 g/mol. The number of methoxy groups -OCH3 is 1. The van der Waals surface area contributed by atoms with Crippen LogP contribution >= 0.6 is 0 Å². The first-order valence-electron chi connectivity index (χ1n) is 8.17. The van der Waals surface area contributed by atoms with Crippen LogP contribution in [0.1, 0.15) is 12.8 Å². The van der Waals surface area contributed by atoms with E-state index >= 15 is 0 Å². The SMILES string of the molecule is CCOc1ccc(NS(=O)(=O)c2ccc(OC)c(-c3noc(C)n3)c2)cc1. The summed E-state index contributed by atoms with van der Waals surface area (Å²) >= 11 is 0. The van der Waals surface area contributed by atoms with Gasteiger partial charge in [0.1, 0.15) is 11.5 Å². The maximum atomic E-state index is 12.8. The van der Waals surface area contributed by atoms with Crippen LogP contribution in [-0.4, -0.2) is 32.3 Å². The summed E-state index contributed by atoms with van der Waals surface area (Å²) in [6, 6.07) is 11.1. The van der Waals surface area contributed by atoms with Gasteiger partial charge in [0.25, 0.3) is 10.0 Å². The number of sulfonamides is 1. The Morgan fingerprint density at radius 2 is 1.89 bits per heavy atom. The summed E-state index contributed by atoms with van der Waals surface area (Å²) in [5, 5.41) is 3.83. The van der Waals surface area contributed by atoms with Crippen molar-refractivity contribution in [3.05, 3.63) is 48.4 Å². The highest BCUT2D eigenvalue weighted by Crippen LogP contribution is 2.31. The lowest BCUT2D eigenvalue weighted by molar-refractivity contribution is 0.340. The molecule has 0 fully saturated rings. The van der Waals surface area contributed by atoms with Crippen LogP contribution in [0, 0.1) is 6.92 Å². The lowest BCUT2D eigenvalue weighted by Gasteiger charge is -2.11. The van der Waals surface area contributed by atoms with Gasteiger partial charge in [-0.25, -0.2) is 8.42 Å². The van der Waals surface area contributed by atoms with E-state index in [1.54, 1.807) is 37.3 Å². The molecule has 0 bridgehead atoms. The third-order valence-electron chi connectivity index (χ3n) is 3.67. The minimum absolute atomic E-state index is 0.0506. The van der Waals surface area contributed by atoms with Crippen LogP contribution in [0.4, 0.5) is 5.69 Å². The molecule has 0 amide bonds. The highest BCUT2D eigenvalue weighted by molar-refractivity contribution is 7.92. The van der Waals surface area contributed by atoms with Gasteiger partial charge in [-0.15, -0.1) is 0 Å². The van der Waals surface area contributed by atoms with Crippen LogP contribution < -0.4 is 14.2 Å². The van der Waals surface area contributed by atoms with E-state index in [2.05, 4.69) is 14.9 Å². The molecule has 0 radical (unpaired) electrons. The first-order valence-corrected chi connectivity index (χ1v) is 9.65. The van der Waals surface area contributed by atoms with Gasteiger partial charge in [0.2, 0.25) is 11.7 Å². The summed E-state index contributed by atoms with van der Waals surface area (Å²) in [6.45, 7) is 4.06. The fraction of sp³-hybridized carbons (Fsp3) is 0.222. The average molecular weight is 389 g/mol. The van der Waals surface area contributed by atoms with Gasteiger partial charge < -0.3 is 14.0 Å². The number of hydrogen-bond acceptors (Lipinski definition) is 7. The summed E-state index contributed by atoms with van der Waals surface area (Å²) in [4.78, 5) is 4.19. The van der Waals surface area contributed by atoms with E-state index in [0.717, 1.165) is 0 Å². The largest absolute Gasteiger partial charge is 0.496 e. The van der Waals surface area contributed by atoms with Gasteiger partial charge in [-0.2, -0.15) is 4.98 Å². The number of benzene rings is 2. The molecular weight excluding hydrogens is 370 g/mol. The Kier molecular flexibility index (Phi) is 5.31. The van der Waals surface area contributed by atoms with Gasteiger partial charge in [-0.3, -0.25) is 4.72 Å². The number of nitrogens with one attached hydrogen (secondary N) is 1. The molecule has 3 rings (SSSR count). The molecular formula is C18H19N3O5S. The molecule has 8 nitrogen and oxygen atoms in total. The first kappa shape index (κ1) is 18.7. The molecule has 0 unspecified atom stereocenters. The number of aromatic nitrogens is 2. The van der Waals surface area contributed by atoms with Crippen molar-refractivity contribution in [3.63, 3.8) is 0 Å². The standard InChI is InChI=1S/C18H19N3O5S/c1-4-25-14-7-5-13(6-8-14)21-27(22,23)15-9-10-17(24-3)16(11-15)18-19-12(2)26-20-18/h5-11,21H,4H2,1-3H3. The Hall–Kier alpha value is -3.07.